The highest BCUT2D eigenvalue weighted by molar-refractivity contribution is 5.96. The van der Waals surface area contributed by atoms with E-state index in [9.17, 15) is 14.4 Å². The number of Topliss-reactive ketones (excluding diaryl/α,β-unsaturated/α-hetero) is 1. The minimum absolute atomic E-state index is 0.349. The summed E-state index contributed by atoms with van der Waals surface area (Å²) in [4.78, 5) is 35.4. The van der Waals surface area contributed by atoms with Crippen molar-refractivity contribution in [3.8, 4) is 11.1 Å². The van der Waals surface area contributed by atoms with E-state index in [1.54, 1.807) is 36.4 Å². The number of fused-ring (bicyclic) bond motifs is 5. The fraction of sp³-hybridized carbons (Fsp3) is 0.118. The van der Waals surface area contributed by atoms with Gasteiger partial charge in [-0.3, -0.25) is 4.79 Å². The van der Waals surface area contributed by atoms with E-state index < -0.39 is 30.9 Å². The second-order valence-electron chi connectivity index (χ2n) is 4.85. The van der Waals surface area contributed by atoms with Gasteiger partial charge in [0.05, 0.1) is 11.1 Å². The number of ketones is 1. The Morgan fingerprint density at radius 1 is 0.636 bits per heavy atom. The van der Waals surface area contributed by atoms with Gasteiger partial charge in [0.2, 0.25) is 5.78 Å². The van der Waals surface area contributed by atoms with Crippen molar-refractivity contribution in [1.29, 1.82) is 0 Å². The molecular formula is C17H12O5. The molecule has 0 fully saturated rings. The molecule has 0 atom stereocenters. The maximum absolute atomic E-state index is 11.9. The molecule has 4 bridgehead atoms. The highest BCUT2D eigenvalue weighted by Crippen LogP contribution is 2.22. The zero-order chi connectivity index (χ0) is 15.5. The van der Waals surface area contributed by atoms with Crippen LogP contribution >= 0.6 is 0 Å². The lowest BCUT2D eigenvalue weighted by atomic mass is 10.0. The number of cyclic esters (lactones) is 2. The van der Waals surface area contributed by atoms with E-state index in [0.717, 1.165) is 11.1 Å². The molecule has 0 N–H and O–H groups in total. The minimum atomic E-state index is -0.586. The average molecular weight is 296 g/mol. The largest absolute Gasteiger partial charge is 0.454 e. The predicted molar refractivity (Wildman–Crippen MR) is 77.5 cm³/mol. The summed E-state index contributed by atoms with van der Waals surface area (Å²) in [5, 5.41) is 0. The van der Waals surface area contributed by atoms with Crippen LogP contribution in [0.1, 0.15) is 20.7 Å². The fourth-order valence-electron chi connectivity index (χ4n) is 2.15. The van der Waals surface area contributed by atoms with Crippen LogP contribution in [0.25, 0.3) is 11.1 Å². The van der Waals surface area contributed by atoms with Crippen LogP contribution in [0.15, 0.2) is 48.5 Å². The summed E-state index contributed by atoms with van der Waals surface area (Å²) in [6.07, 6.45) is 0. The molecule has 0 spiro atoms. The summed E-state index contributed by atoms with van der Waals surface area (Å²) in [7, 11) is 0. The first kappa shape index (κ1) is 14.0. The molecule has 0 radical (unpaired) electrons. The molecule has 110 valence electrons. The lowest BCUT2D eigenvalue weighted by Crippen LogP contribution is -2.20. The maximum atomic E-state index is 11.9. The number of carbonyl (C=O) groups excluding carboxylic acids is 3. The van der Waals surface area contributed by atoms with Gasteiger partial charge in [0.1, 0.15) is 0 Å². The maximum Gasteiger partial charge on any atom is 0.338 e. The zero-order valence-corrected chi connectivity index (χ0v) is 11.6. The van der Waals surface area contributed by atoms with Gasteiger partial charge in [0.25, 0.3) is 0 Å². The smallest absolute Gasteiger partial charge is 0.338 e. The van der Waals surface area contributed by atoms with Crippen LogP contribution in [0.4, 0.5) is 0 Å². The number of hydrogen-bond acceptors (Lipinski definition) is 5. The van der Waals surface area contributed by atoms with E-state index in [2.05, 4.69) is 0 Å². The SMILES string of the molecule is O=C1COC(=O)c2cccc(c2)-c2cccc(c2)C(=O)OC1. The van der Waals surface area contributed by atoms with Crippen molar-refractivity contribution >= 4 is 17.7 Å². The van der Waals surface area contributed by atoms with Gasteiger partial charge in [0.15, 0.2) is 13.2 Å². The minimum Gasteiger partial charge on any atom is -0.454 e. The third kappa shape index (κ3) is 2.88. The van der Waals surface area contributed by atoms with Crippen molar-refractivity contribution in [3.63, 3.8) is 0 Å². The predicted octanol–water partition coefficient (Wildman–Crippen LogP) is 2.25. The molecule has 22 heavy (non-hydrogen) atoms. The first-order valence-electron chi connectivity index (χ1n) is 6.70. The molecule has 0 amide bonds. The van der Waals surface area contributed by atoms with E-state index in [0.29, 0.717) is 11.1 Å². The Hall–Kier alpha value is -2.95. The van der Waals surface area contributed by atoms with Gasteiger partial charge in [-0.05, 0) is 35.4 Å². The molecule has 2 aromatic rings. The lowest BCUT2D eigenvalue weighted by molar-refractivity contribution is -0.125. The van der Waals surface area contributed by atoms with Crippen molar-refractivity contribution in [2.45, 2.75) is 0 Å². The number of rotatable bonds is 0. The monoisotopic (exact) mass is 296 g/mol. The Bertz CT molecular complexity index is 700. The normalized spacial score (nSPS) is 15.0. The Morgan fingerprint density at radius 3 is 1.50 bits per heavy atom. The van der Waals surface area contributed by atoms with E-state index in [4.69, 9.17) is 9.47 Å². The van der Waals surface area contributed by atoms with Gasteiger partial charge in [-0.25, -0.2) is 9.59 Å². The van der Waals surface area contributed by atoms with E-state index in [1.807, 2.05) is 12.1 Å². The summed E-state index contributed by atoms with van der Waals surface area (Å²) in [5.74, 6) is -1.65. The van der Waals surface area contributed by atoms with Gasteiger partial charge >= 0.3 is 11.9 Å². The molecule has 1 heterocycles. The molecule has 0 saturated heterocycles. The number of ether oxygens (including phenoxy) is 2. The van der Waals surface area contributed by atoms with Crippen LogP contribution in [0.5, 0.6) is 0 Å². The van der Waals surface area contributed by atoms with E-state index in [1.165, 1.54) is 0 Å². The fourth-order valence-corrected chi connectivity index (χ4v) is 2.15. The number of carbonyl (C=O) groups is 3. The van der Waals surface area contributed by atoms with Gasteiger partial charge in [-0.1, -0.05) is 24.3 Å². The van der Waals surface area contributed by atoms with E-state index in [-0.39, 0.29) is 0 Å². The van der Waals surface area contributed by atoms with Crippen LogP contribution < -0.4 is 0 Å². The average Bonchev–Trinajstić information content (AvgIpc) is 2.57. The summed E-state index contributed by atoms with van der Waals surface area (Å²) in [6.45, 7) is -0.845. The standard InChI is InChI=1S/C17H12O5/c18-15-9-21-16(19)13-5-1-3-11(7-13)12-4-2-6-14(8-12)17(20)22-10-15/h1-8H,9-10H2. The van der Waals surface area contributed by atoms with Crippen LogP contribution in [-0.4, -0.2) is 30.9 Å². The lowest BCUT2D eigenvalue weighted by Gasteiger charge is -2.06. The third-order valence-electron chi connectivity index (χ3n) is 3.26. The topological polar surface area (TPSA) is 69.7 Å². The quantitative estimate of drug-likeness (QED) is 0.697. The molecule has 0 unspecified atom stereocenters. The van der Waals surface area contributed by atoms with Gasteiger partial charge in [0, 0.05) is 0 Å². The first-order valence-corrected chi connectivity index (χ1v) is 6.70. The number of esters is 2. The molecule has 2 aromatic carbocycles. The van der Waals surface area contributed by atoms with Crippen molar-refractivity contribution in [2.75, 3.05) is 13.2 Å². The van der Waals surface area contributed by atoms with Crippen molar-refractivity contribution in [2.24, 2.45) is 0 Å². The van der Waals surface area contributed by atoms with E-state index >= 15 is 0 Å². The van der Waals surface area contributed by atoms with Crippen LogP contribution in [0.3, 0.4) is 0 Å². The summed E-state index contributed by atoms with van der Waals surface area (Å²) in [5.41, 5.74) is 2.24. The molecule has 3 rings (SSSR count). The third-order valence-corrected chi connectivity index (χ3v) is 3.26. The van der Waals surface area contributed by atoms with Crippen LogP contribution in [-0.2, 0) is 14.3 Å². The second kappa shape index (κ2) is 5.81. The first-order chi connectivity index (χ1) is 10.6. The highest BCUT2D eigenvalue weighted by Gasteiger charge is 2.16. The van der Waals surface area contributed by atoms with Gasteiger partial charge in [-0.2, -0.15) is 0 Å². The molecule has 5 nitrogen and oxygen atoms in total. The van der Waals surface area contributed by atoms with Gasteiger partial charge < -0.3 is 9.47 Å². The van der Waals surface area contributed by atoms with Crippen LogP contribution in [0.2, 0.25) is 0 Å². The second-order valence-corrected chi connectivity index (χ2v) is 4.85. The molecule has 0 aliphatic carbocycles. The van der Waals surface area contributed by atoms with Crippen molar-refractivity contribution in [1.82, 2.24) is 0 Å². The summed E-state index contributed by atoms with van der Waals surface area (Å²) < 4.78 is 9.84. The zero-order valence-electron chi connectivity index (χ0n) is 11.6. The molecular weight excluding hydrogens is 284 g/mol. The number of hydrogen-bond donors (Lipinski definition) is 0. The Morgan fingerprint density at radius 2 is 1.05 bits per heavy atom. The van der Waals surface area contributed by atoms with Crippen molar-refractivity contribution < 1.29 is 23.9 Å². The van der Waals surface area contributed by atoms with Crippen LogP contribution in [0, 0.1) is 0 Å². The molecule has 0 aromatic heterocycles. The molecule has 0 saturated carbocycles. The highest BCUT2D eigenvalue weighted by atomic mass is 16.6. The number of benzene rings is 2. The Labute approximate surface area is 126 Å². The summed E-state index contributed by atoms with van der Waals surface area (Å²) >= 11 is 0. The Balaban J connectivity index is 2.09. The molecule has 5 heteroatoms. The molecule has 1 aliphatic rings. The molecule has 1 aliphatic heterocycles. The Kier molecular flexibility index (Phi) is 3.70. The van der Waals surface area contributed by atoms with Crippen molar-refractivity contribution in [3.05, 3.63) is 59.7 Å². The summed E-state index contributed by atoms with van der Waals surface area (Å²) in [6, 6.07) is 13.6. The van der Waals surface area contributed by atoms with Gasteiger partial charge in [-0.15, -0.1) is 0 Å².